The molecule has 2 heterocycles. The van der Waals surface area contributed by atoms with Gasteiger partial charge in [0.1, 0.15) is 6.04 Å². The van der Waals surface area contributed by atoms with Crippen LogP contribution in [-0.4, -0.2) is 28.7 Å². The van der Waals surface area contributed by atoms with E-state index in [9.17, 15) is 4.79 Å². The highest BCUT2D eigenvalue weighted by Crippen LogP contribution is 2.29. The zero-order chi connectivity index (χ0) is 15.4. The molecule has 0 radical (unpaired) electrons. The van der Waals surface area contributed by atoms with Crippen LogP contribution in [-0.2, 0) is 9.53 Å². The lowest BCUT2D eigenvalue weighted by Crippen LogP contribution is -2.36. The molecule has 1 aromatic rings. The summed E-state index contributed by atoms with van der Waals surface area (Å²) in [6.45, 7) is 6.44. The minimum atomic E-state index is -0.286. The SMILES string of the molecule is COC(=O)C(CC(C)C)n1cncc1C1CCCC(C)N1. The summed E-state index contributed by atoms with van der Waals surface area (Å²) in [6, 6.07) is 0.496. The maximum Gasteiger partial charge on any atom is 0.328 e. The van der Waals surface area contributed by atoms with Gasteiger partial charge in [-0.15, -0.1) is 0 Å². The molecule has 1 aromatic heterocycles. The van der Waals surface area contributed by atoms with E-state index < -0.39 is 0 Å². The van der Waals surface area contributed by atoms with Crippen molar-refractivity contribution in [3.63, 3.8) is 0 Å². The molecule has 1 saturated heterocycles. The first kappa shape index (κ1) is 16.0. The van der Waals surface area contributed by atoms with Crippen molar-refractivity contribution in [2.75, 3.05) is 7.11 Å². The molecule has 118 valence electrons. The molecule has 21 heavy (non-hydrogen) atoms. The number of hydrogen-bond acceptors (Lipinski definition) is 4. The van der Waals surface area contributed by atoms with Gasteiger partial charge >= 0.3 is 5.97 Å². The first-order chi connectivity index (χ1) is 10.0. The fraction of sp³-hybridized carbons (Fsp3) is 0.750. The zero-order valence-electron chi connectivity index (χ0n) is 13.5. The van der Waals surface area contributed by atoms with E-state index in [-0.39, 0.29) is 18.1 Å². The Balaban J connectivity index is 2.25. The number of carbonyl (C=O) groups is 1. The van der Waals surface area contributed by atoms with Crippen LogP contribution in [0.15, 0.2) is 12.5 Å². The Bertz CT molecular complexity index is 470. The van der Waals surface area contributed by atoms with Gasteiger partial charge in [-0.2, -0.15) is 0 Å². The van der Waals surface area contributed by atoms with Crippen molar-refractivity contribution in [1.29, 1.82) is 0 Å². The summed E-state index contributed by atoms with van der Waals surface area (Å²) in [5, 5.41) is 3.61. The number of imidazole rings is 1. The molecule has 1 fully saturated rings. The summed E-state index contributed by atoms with van der Waals surface area (Å²) in [5.41, 5.74) is 1.10. The summed E-state index contributed by atoms with van der Waals surface area (Å²) in [5.74, 6) is 0.231. The van der Waals surface area contributed by atoms with Crippen molar-refractivity contribution < 1.29 is 9.53 Å². The number of esters is 1. The molecule has 1 N–H and O–H groups in total. The van der Waals surface area contributed by atoms with Crippen LogP contribution in [0.3, 0.4) is 0 Å². The lowest BCUT2D eigenvalue weighted by molar-refractivity contribution is -0.145. The number of hydrogen-bond donors (Lipinski definition) is 1. The van der Waals surface area contributed by atoms with Crippen LogP contribution in [0.5, 0.6) is 0 Å². The molecule has 0 aromatic carbocycles. The van der Waals surface area contributed by atoms with Crippen molar-refractivity contribution >= 4 is 5.97 Å². The molecule has 1 aliphatic rings. The van der Waals surface area contributed by atoms with Gasteiger partial charge in [0.2, 0.25) is 0 Å². The van der Waals surface area contributed by atoms with Crippen LogP contribution in [0, 0.1) is 5.92 Å². The largest absolute Gasteiger partial charge is 0.467 e. The third kappa shape index (κ3) is 3.84. The first-order valence-corrected chi connectivity index (χ1v) is 7.88. The Morgan fingerprint density at radius 3 is 2.90 bits per heavy atom. The molecule has 3 atom stereocenters. The van der Waals surface area contributed by atoms with Gasteiger partial charge in [-0.1, -0.05) is 13.8 Å². The highest BCUT2D eigenvalue weighted by molar-refractivity contribution is 5.74. The Kier molecular flexibility index (Phi) is 5.39. The van der Waals surface area contributed by atoms with E-state index >= 15 is 0 Å². The quantitative estimate of drug-likeness (QED) is 0.848. The van der Waals surface area contributed by atoms with Crippen molar-refractivity contribution in [1.82, 2.24) is 14.9 Å². The third-order valence-electron chi connectivity index (χ3n) is 4.17. The van der Waals surface area contributed by atoms with Crippen LogP contribution >= 0.6 is 0 Å². The van der Waals surface area contributed by atoms with E-state index in [1.54, 1.807) is 6.33 Å². The second-order valence-electron chi connectivity index (χ2n) is 6.45. The average molecular weight is 293 g/mol. The lowest BCUT2D eigenvalue weighted by atomic mass is 9.96. The van der Waals surface area contributed by atoms with Gasteiger partial charge in [0.15, 0.2) is 0 Å². The molecule has 0 spiro atoms. The molecule has 3 unspecified atom stereocenters. The van der Waals surface area contributed by atoms with Gasteiger partial charge in [-0.25, -0.2) is 9.78 Å². The molecular weight excluding hydrogens is 266 g/mol. The third-order valence-corrected chi connectivity index (χ3v) is 4.17. The molecule has 0 amide bonds. The topological polar surface area (TPSA) is 56.2 Å². The maximum atomic E-state index is 12.2. The van der Waals surface area contributed by atoms with Gasteiger partial charge in [-0.05, 0) is 38.5 Å². The van der Waals surface area contributed by atoms with Crippen molar-refractivity contribution in [3.8, 4) is 0 Å². The second-order valence-corrected chi connectivity index (χ2v) is 6.45. The first-order valence-electron chi connectivity index (χ1n) is 7.88. The highest BCUT2D eigenvalue weighted by Gasteiger charge is 2.28. The van der Waals surface area contributed by atoms with E-state index in [1.165, 1.54) is 20.0 Å². The molecule has 0 aliphatic carbocycles. The van der Waals surface area contributed by atoms with E-state index in [4.69, 9.17) is 4.74 Å². The van der Waals surface area contributed by atoms with Crippen LogP contribution < -0.4 is 5.32 Å². The number of piperidine rings is 1. The Morgan fingerprint density at radius 1 is 1.52 bits per heavy atom. The molecule has 2 rings (SSSR count). The Morgan fingerprint density at radius 2 is 2.29 bits per heavy atom. The van der Waals surface area contributed by atoms with Crippen molar-refractivity contribution in [2.45, 2.75) is 64.6 Å². The smallest absolute Gasteiger partial charge is 0.328 e. The van der Waals surface area contributed by atoms with Gasteiger partial charge < -0.3 is 14.6 Å². The van der Waals surface area contributed by atoms with E-state index in [0.717, 1.165) is 18.5 Å². The van der Waals surface area contributed by atoms with Crippen molar-refractivity contribution in [2.24, 2.45) is 5.92 Å². The van der Waals surface area contributed by atoms with Crippen LogP contribution in [0.2, 0.25) is 0 Å². The average Bonchev–Trinajstić information content (AvgIpc) is 2.93. The number of carbonyl (C=O) groups excluding carboxylic acids is 1. The lowest BCUT2D eigenvalue weighted by Gasteiger charge is -2.31. The van der Waals surface area contributed by atoms with Gasteiger partial charge in [0, 0.05) is 18.3 Å². The number of nitrogens with one attached hydrogen (secondary N) is 1. The minimum absolute atomic E-state index is 0.188. The summed E-state index contributed by atoms with van der Waals surface area (Å²) < 4.78 is 6.99. The number of ether oxygens (including phenoxy) is 1. The van der Waals surface area contributed by atoms with E-state index in [1.807, 2.05) is 10.8 Å². The van der Waals surface area contributed by atoms with Crippen LogP contribution in [0.25, 0.3) is 0 Å². The summed E-state index contributed by atoms with van der Waals surface area (Å²) >= 11 is 0. The molecule has 5 heteroatoms. The van der Waals surface area contributed by atoms with Gasteiger partial charge in [-0.3, -0.25) is 0 Å². The normalized spacial score (nSPS) is 24.0. The summed E-state index contributed by atoms with van der Waals surface area (Å²) in [7, 11) is 1.45. The summed E-state index contributed by atoms with van der Waals surface area (Å²) in [4.78, 5) is 16.4. The fourth-order valence-electron chi connectivity index (χ4n) is 3.12. The maximum absolute atomic E-state index is 12.2. The zero-order valence-corrected chi connectivity index (χ0v) is 13.5. The standard InChI is InChI=1S/C16H27N3O2/c1-11(2)8-14(16(20)21-4)19-10-17-9-15(19)13-7-5-6-12(3)18-13/h9-14,18H,5-8H2,1-4H3. The molecule has 0 saturated carbocycles. The van der Waals surface area contributed by atoms with Crippen LogP contribution in [0.1, 0.15) is 64.2 Å². The number of nitrogens with zero attached hydrogens (tertiary/aromatic N) is 2. The fourth-order valence-corrected chi connectivity index (χ4v) is 3.12. The predicted molar refractivity (Wildman–Crippen MR) is 81.9 cm³/mol. The van der Waals surface area contributed by atoms with Crippen molar-refractivity contribution in [3.05, 3.63) is 18.2 Å². The molecular formula is C16H27N3O2. The number of methoxy groups -OCH3 is 1. The monoisotopic (exact) mass is 293 g/mol. The molecule has 0 bridgehead atoms. The molecule has 5 nitrogen and oxygen atoms in total. The Hall–Kier alpha value is -1.36. The van der Waals surface area contributed by atoms with E-state index in [2.05, 4.69) is 31.1 Å². The van der Waals surface area contributed by atoms with Crippen LogP contribution in [0.4, 0.5) is 0 Å². The number of aromatic nitrogens is 2. The minimum Gasteiger partial charge on any atom is -0.467 e. The Labute approximate surface area is 127 Å². The molecule has 1 aliphatic heterocycles. The van der Waals surface area contributed by atoms with E-state index in [0.29, 0.717) is 12.0 Å². The second kappa shape index (κ2) is 7.07. The van der Waals surface area contributed by atoms with Gasteiger partial charge in [0.25, 0.3) is 0 Å². The summed E-state index contributed by atoms with van der Waals surface area (Å²) in [6.07, 6.45) is 7.91. The highest BCUT2D eigenvalue weighted by atomic mass is 16.5. The number of rotatable bonds is 5. The predicted octanol–water partition coefficient (Wildman–Crippen LogP) is 2.85. The van der Waals surface area contributed by atoms with Gasteiger partial charge in [0.05, 0.1) is 19.1 Å².